The summed E-state index contributed by atoms with van der Waals surface area (Å²) in [4.78, 5) is 2.56. The quantitative estimate of drug-likeness (QED) is 0.260. The van der Waals surface area contributed by atoms with Crippen LogP contribution in [0.2, 0.25) is 0 Å². The number of para-hydroxylation sites is 3. The molecular formula is C33H24N2. The zero-order valence-electron chi connectivity index (χ0n) is 19.4. The molecule has 0 N–H and O–H groups in total. The molecule has 1 aromatic heterocycles. The Kier molecular flexibility index (Phi) is 3.86. The first-order valence-corrected chi connectivity index (χ1v) is 12.4. The summed E-state index contributed by atoms with van der Waals surface area (Å²) in [6.45, 7) is 0. The molecule has 8 rings (SSSR count). The fraction of sp³-hybridized carbons (Fsp3) is 0.0909. The molecule has 2 aliphatic rings. The van der Waals surface area contributed by atoms with Crippen molar-refractivity contribution in [2.24, 2.45) is 0 Å². The highest BCUT2D eigenvalue weighted by molar-refractivity contribution is 6.09. The number of anilines is 2. The maximum atomic E-state index is 2.56. The van der Waals surface area contributed by atoms with Crippen LogP contribution in [0, 0.1) is 0 Å². The largest absolute Gasteiger partial charge is 0.337 e. The summed E-state index contributed by atoms with van der Waals surface area (Å²) in [5.74, 6) is 0. The van der Waals surface area contributed by atoms with Crippen LogP contribution in [0.3, 0.4) is 0 Å². The fourth-order valence-corrected chi connectivity index (χ4v) is 6.37. The van der Waals surface area contributed by atoms with Crippen molar-refractivity contribution in [3.8, 4) is 16.8 Å². The van der Waals surface area contributed by atoms with E-state index in [9.17, 15) is 0 Å². The highest BCUT2D eigenvalue weighted by Crippen LogP contribution is 2.46. The molecule has 5 aromatic carbocycles. The Morgan fingerprint density at radius 3 is 1.89 bits per heavy atom. The van der Waals surface area contributed by atoms with Crippen LogP contribution < -0.4 is 4.90 Å². The topological polar surface area (TPSA) is 8.17 Å². The van der Waals surface area contributed by atoms with Crippen LogP contribution in [0.4, 0.5) is 11.4 Å². The van der Waals surface area contributed by atoms with Crippen LogP contribution in [0.25, 0.3) is 38.6 Å². The Morgan fingerprint density at radius 1 is 0.514 bits per heavy atom. The average molecular weight is 449 g/mol. The van der Waals surface area contributed by atoms with Gasteiger partial charge in [-0.3, -0.25) is 0 Å². The molecule has 0 saturated heterocycles. The highest BCUT2D eigenvalue weighted by atomic mass is 15.2. The van der Waals surface area contributed by atoms with Gasteiger partial charge in [-0.15, -0.1) is 0 Å². The summed E-state index contributed by atoms with van der Waals surface area (Å²) in [5, 5.41) is 2.60. The lowest BCUT2D eigenvalue weighted by Gasteiger charge is -2.20. The smallest absolute Gasteiger partial charge is 0.0541 e. The Labute approximate surface area is 204 Å². The van der Waals surface area contributed by atoms with E-state index in [1.165, 1.54) is 61.1 Å². The molecule has 1 unspecified atom stereocenters. The van der Waals surface area contributed by atoms with Crippen molar-refractivity contribution in [2.75, 3.05) is 4.90 Å². The zero-order valence-corrected chi connectivity index (χ0v) is 19.4. The van der Waals surface area contributed by atoms with Gasteiger partial charge in [-0.05, 0) is 77.6 Å². The molecule has 2 heteroatoms. The third-order valence-electron chi connectivity index (χ3n) is 7.91. The minimum Gasteiger partial charge on any atom is -0.337 e. The molecule has 35 heavy (non-hydrogen) atoms. The molecule has 0 spiro atoms. The van der Waals surface area contributed by atoms with Crippen LogP contribution in [-0.4, -0.2) is 10.6 Å². The van der Waals surface area contributed by atoms with Crippen molar-refractivity contribution in [2.45, 2.75) is 18.9 Å². The van der Waals surface area contributed by atoms with E-state index in [2.05, 4.69) is 125 Å². The maximum absolute atomic E-state index is 2.56. The van der Waals surface area contributed by atoms with E-state index in [-0.39, 0.29) is 0 Å². The SMILES string of the molecule is c1ccc2c(c1)CC1Cc3cc(-c4ccc(-n5c6ccccc6c6ccccc65)cc4)ccc3N21. The molecule has 0 amide bonds. The van der Waals surface area contributed by atoms with Gasteiger partial charge in [0.1, 0.15) is 0 Å². The maximum Gasteiger partial charge on any atom is 0.0541 e. The molecule has 3 heterocycles. The van der Waals surface area contributed by atoms with Gasteiger partial charge in [0, 0.05) is 33.9 Å². The Balaban J connectivity index is 1.18. The van der Waals surface area contributed by atoms with E-state index < -0.39 is 0 Å². The van der Waals surface area contributed by atoms with Crippen LogP contribution in [0.15, 0.2) is 115 Å². The Hall–Kier alpha value is -4.30. The second-order valence-corrected chi connectivity index (χ2v) is 9.82. The van der Waals surface area contributed by atoms with Crippen molar-refractivity contribution in [1.82, 2.24) is 4.57 Å². The molecule has 0 radical (unpaired) electrons. The monoisotopic (exact) mass is 448 g/mol. The van der Waals surface area contributed by atoms with E-state index >= 15 is 0 Å². The van der Waals surface area contributed by atoms with E-state index in [0.29, 0.717) is 6.04 Å². The van der Waals surface area contributed by atoms with Crippen LogP contribution in [0.1, 0.15) is 11.1 Å². The summed E-state index contributed by atoms with van der Waals surface area (Å²) < 4.78 is 2.38. The van der Waals surface area contributed by atoms with Gasteiger partial charge in [0.05, 0.1) is 11.0 Å². The van der Waals surface area contributed by atoms with E-state index in [1.807, 2.05) is 0 Å². The molecule has 0 aliphatic carbocycles. The highest BCUT2D eigenvalue weighted by Gasteiger charge is 2.36. The molecule has 0 saturated carbocycles. The standard InChI is InChI=1S/C33H24N2/c1-4-10-30-24(7-1)20-27-21-25-19-23(15-18-31(25)35(27)30)22-13-16-26(17-14-22)34-32-11-5-2-8-28(32)29-9-3-6-12-33(29)34/h1-19,27H,20-21H2. The minimum absolute atomic E-state index is 0.565. The van der Waals surface area contributed by atoms with Gasteiger partial charge in [0.2, 0.25) is 0 Å². The molecule has 2 nitrogen and oxygen atoms in total. The summed E-state index contributed by atoms with van der Waals surface area (Å²) in [6, 6.07) is 42.9. The van der Waals surface area contributed by atoms with Crippen molar-refractivity contribution in [1.29, 1.82) is 0 Å². The van der Waals surface area contributed by atoms with Crippen molar-refractivity contribution >= 4 is 33.2 Å². The number of nitrogens with zero attached hydrogens (tertiary/aromatic N) is 2. The molecule has 6 aromatic rings. The van der Waals surface area contributed by atoms with Crippen molar-refractivity contribution < 1.29 is 0 Å². The van der Waals surface area contributed by atoms with Gasteiger partial charge in [0.25, 0.3) is 0 Å². The normalized spacial score (nSPS) is 16.0. The second kappa shape index (κ2) is 7.10. The molecule has 2 aliphatic heterocycles. The third kappa shape index (κ3) is 2.71. The molecule has 0 bridgehead atoms. The van der Waals surface area contributed by atoms with Gasteiger partial charge in [-0.25, -0.2) is 0 Å². The molecule has 0 fully saturated rings. The number of fused-ring (bicyclic) bond motifs is 8. The summed E-state index contributed by atoms with van der Waals surface area (Å²) in [5.41, 5.74) is 12.0. The molecule has 1 atom stereocenters. The number of aromatic nitrogens is 1. The third-order valence-corrected chi connectivity index (χ3v) is 7.91. The Morgan fingerprint density at radius 2 is 1.11 bits per heavy atom. The van der Waals surface area contributed by atoms with Crippen LogP contribution in [0.5, 0.6) is 0 Å². The lowest BCUT2D eigenvalue weighted by atomic mass is 9.99. The lowest BCUT2D eigenvalue weighted by molar-refractivity contribution is 0.725. The molecule has 166 valence electrons. The number of hydrogen-bond donors (Lipinski definition) is 0. The molecular weight excluding hydrogens is 424 g/mol. The first-order valence-electron chi connectivity index (χ1n) is 12.4. The second-order valence-electron chi connectivity index (χ2n) is 9.82. The van der Waals surface area contributed by atoms with Gasteiger partial charge in [0.15, 0.2) is 0 Å². The lowest BCUT2D eigenvalue weighted by Crippen LogP contribution is -2.22. The number of benzene rings is 5. The number of rotatable bonds is 2. The van der Waals surface area contributed by atoms with Crippen LogP contribution >= 0.6 is 0 Å². The van der Waals surface area contributed by atoms with Gasteiger partial charge in [-0.2, -0.15) is 0 Å². The van der Waals surface area contributed by atoms with Gasteiger partial charge >= 0.3 is 0 Å². The fourth-order valence-electron chi connectivity index (χ4n) is 6.37. The summed E-state index contributed by atoms with van der Waals surface area (Å²) in [6.07, 6.45) is 2.27. The Bertz CT molecular complexity index is 1700. The number of hydrogen-bond acceptors (Lipinski definition) is 1. The van der Waals surface area contributed by atoms with E-state index in [4.69, 9.17) is 0 Å². The first-order chi connectivity index (χ1) is 17.3. The van der Waals surface area contributed by atoms with Crippen LogP contribution in [-0.2, 0) is 12.8 Å². The average Bonchev–Trinajstić information content (AvgIpc) is 3.56. The summed E-state index contributed by atoms with van der Waals surface area (Å²) in [7, 11) is 0. The minimum atomic E-state index is 0.565. The summed E-state index contributed by atoms with van der Waals surface area (Å²) >= 11 is 0. The zero-order chi connectivity index (χ0) is 22.9. The predicted octanol–water partition coefficient (Wildman–Crippen LogP) is 8.07. The van der Waals surface area contributed by atoms with E-state index in [0.717, 1.165) is 12.8 Å². The van der Waals surface area contributed by atoms with Gasteiger partial charge < -0.3 is 9.47 Å². The van der Waals surface area contributed by atoms with E-state index in [1.54, 1.807) is 0 Å². The predicted molar refractivity (Wildman–Crippen MR) is 146 cm³/mol. The van der Waals surface area contributed by atoms with Gasteiger partial charge in [-0.1, -0.05) is 72.8 Å². The first kappa shape index (κ1) is 19.1. The van der Waals surface area contributed by atoms with Crippen molar-refractivity contribution in [3.05, 3.63) is 126 Å². The van der Waals surface area contributed by atoms with Crippen molar-refractivity contribution in [3.63, 3.8) is 0 Å².